The second-order valence-electron chi connectivity index (χ2n) is 3.66. The van der Waals surface area contributed by atoms with Crippen molar-refractivity contribution >= 4 is 22.5 Å². The van der Waals surface area contributed by atoms with Crippen molar-refractivity contribution in [3.8, 4) is 0 Å². The fourth-order valence-electron chi connectivity index (χ4n) is 1.69. The van der Waals surface area contributed by atoms with Crippen molar-refractivity contribution in [3.05, 3.63) is 33.0 Å². The Balaban J connectivity index is 2.77. The topological polar surface area (TPSA) is 84.5 Å². The van der Waals surface area contributed by atoms with Crippen LogP contribution >= 0.6 is 0 Å². The third-order valence-corrected chi connectivity index (χ3v) is 2.40. The molecule has 0 fully saturated rings. The molecule has 18 heavy (non-hydrogen) atoms. The van der Waals surface area contributed by atoms with Crippen LogP contribution in [0.5, 0.6) is 0 Å². The fourth-order valence-corrected chi connectivity index (χ4v) is 1.69. The molecular formula is C12H14N2O4. The van der Waals surface area contributed by atoms with E-state index < -0.39 is 11.3 Å². The van der Waals surface area contributed by atoms with E-state index >= 15 is 0 Å². The lowest BCUT2D eigenvalue weighted by Crippen LogP contribution is -2.21. The summed E-state index contributed by atoms with van der Waals surface area (Å²) < 4.78 is 10.00. The number of rotatable bonds is 4. The fraction of sp³-hybridized carbons (Fsp3) is 0.333. The van der Waals surface area contributed by atoms with Gasteiger partial charge >= 0.3 is 11.3 Å². The molecule has 6 nitrogen and oxygen atoms in total. The maximum absolute atomic E-state index is 11.2. The van der Waals surface area contributed by atoms with Gasteiger partial charge in [0.15, 0.2) is 11.2 Å². The smallest absolute Gasteiger partial charge is 0.412 e. The summed E-state index contributed by atoms with van der Waals surface area (Å²) in [6.07, 6.45) is 0. The zero-order valence-corrected chi connectivity index (χ0v) is 10.2. The molecule has 2 rings (SSSR count). The first-order valence-corrected chi connectivity index (χ1v) is 5.76. The zero-order valence-electron chi connectivity index (χ0n) is 10.2. The van der Waals surface area contributed by atoms with Gasteiger partial charge in [0.2, 0.25) is 0 Å². The largest absolute Gasteiger partial charge is 0.423 e. The predicted octanol–water partition coefficient (Wildman–Crippen LogP) is 1.61. The molecular weight excluding hydrogens is 236 g/mol. The van der Waals surface area contributed by atoms with Crippen LogP contribution in [0.15, 0.2) is 30.6 Å². The first kappa shape index (κ1) is 12.2. The van der Waals surface area contributed by atoms with Gasteiger partial charge in [-0.15, -0.1) is 0 Å². The lowest BCUT2D eigenvalue weighted by atomic mass is 10.2. The first-order valence-electron chi connectivity index (χ1n) is 5.76. The highest BCUT2D eigenvalue weighted by molar-refractivity contribution is 5.93. The minimum absolute atomic E-state index is 0.250. The van der Waals surface area contributed by atoms with Gasteiger partial charge in [0.1, 0.15) is 0 Å². The summed E-state index contributed by atoms with van der Waals surface area (Å²) in [5.41, 5.74) is -0.268. The molecule has 0 bridgehead atoms. The van der Waals surface area contributed by atoms with Crippen LogP contribution in [-0.4, -0.2) is 13.1 Å². The van der Waals surface area contributed by atoms with Gasteiger partial charge in [-0.05, 0) is 26.0 Å². The highest BCUT2D eigenvalue weighted by Gasteiger charge is 2.13. The van der Waals surface area contributed by atoms with E-state index in [2.05, 4.69) is 10.6 Å². The predicted molar refractivity (Wildman–Crippen MR) is 69.3 cm³/mol. The summed E-state index contributed by atoms with van der Waals surface area (Å²) >= 11 is 0. The normalized spacial score (nSPS) is 10.6. The van der Waals surface area contributed by atoms with E-state index in [0.29, 0.717) is 24.5 Å². The molecule has 6 heteroatoms. The van der Waals surface area contributed by atoms with E-state index in [1.807, 2.05) is 13.8 Å². The Hall–Kier alpha value is -2.24. The van der Waals surface area contributed by atoms with Crippen LogP contribution in [0.1, 0.15) is 13.8 Å². The Bertz CT molecular complexity index is 613. The van der Waals surface area contributed by atoms with Crippen molar-refractivity contribution in [1.29, 1.82) is 0 Å². The van der Waals surface area contributed by atoms with Gasteiger partial charge in [0, 0.05) is 13.1 Å². The minimum atomic E-state index is -1.00. The van der Waals surface area contributed by atoms with Crippen molar-refractivity contribution in [3.63, 3.8) is 0 Å². The van der Waals surface area contributed by atoms with Crippen LogP contribution in [0.3, 0.4) is 0 Å². The molecule has 96 valence electrons. The van der Waals surface area contributed by atoms with Gasteiger partial charge in [-0.25, -0.2) is 9.59 Å². The third kappa shape index (κ3) is 2.09. The first-order chi connectivity index (χ1) is 8.67. The van der Waals surface area contributed by atoms with E-state index in [1.54, 1.807) is 12.1 Å². The second-order valence-corrected chi connectivity index (χ2v) is 3.66. The molecule has 1 aromatic carbocycles. The van der Waals surface area contributed by atoms with Crippen LogP contribution in [0, 0.1) is 0 Å². The van der Waals surface area contributed by atoms with Gasteiger partial charge in [-0.3, -0.25) is 0 Å². The van der Waals surface area contributed by atoms with Crippen molar-refractivity contribution in [2.45, 2.75) is 13.8 Å². The molecule has 0 atom stereocenters. The van der Waals surface area contributed by atoms with Gasteiger partial charge in [-0.1, -0.05) is 0 Å². The molecule has 0 saturated carbocycles. The second kappa shape index (κ2) is 4.95. The maximum atomic E-state index is 11.2. The SMILES string of the molecule is CCNc1ccc(NCC)c2oc(=O)c(=O)oc12. The number of benzene rings is 1. The summed E-state index contributed by atoms with van der Waals surface area (Å²) in [6.45, 7) is 5.17. The molecule has 1 aromatic heterocycles. The maximum Gasteiger partial charge on any atom is 0.423 e. The zero-order chi connectivity index (χ0) is 13.1. The van der Waals surface area contributed by atoms with Gasteiger partial charge < -0.3 is 19.5 Å². The average Bonchev–Trinajstić information content (AvgIpc) is 2.35. The molecule has 0 amide bonds. The highest BCUT2D eigenvalue weighted by Crippen LogP contribution is 2.28. The molecule has 2 aromatic rings. The van der Waals surface area contributed by atoms with Crippen LogP contribution in [0.2, 0.25) is 0 Å². The molecule has 2 N–H and O–H groups in total. The molecule has 0 radical (unpaired) electrons. The Morgan fingerprint density at radius 2 is 1.28 bits per heavy atom. The van der Waals surface area contributed by atoms with Crippen LogP contribution < -0.4 is 21.9 Å². The van der Waals surface area contributed by atoms with Gasteiger partial charge in [-0.2, -0.15) is 0 Å². The Kier molecular flexibility index (Phi) is 3.36. The molecule has 0 unspecified atom stereocenters. The Morgan fingerprint density at radius 1 is 0.889 bits per heavy atom. The number of nitrogens with one attached hydrogen (secondary N) is 2. The highest BCUT2D eigenvalue weighted by atomic mass is 16.5. The van der Waals surface area contributed by atoms with Crippen LogP contribution in [-0.2, 0) is 0 Å². The van der Waals surface area contributed by atoms with E-state index in [-0.39, 0.29) is 11.2 Å². The van der Waals surface area contributed by atoms with Crippen molar-refractivity contribution in [2.24, 2.45) is 0 Å². The number of anilines is 2. The monoisotopic (exact) mass is 250 g/mol. The van der Waals surface area contributed by atoms with Gasteiger partial charge in [0.25, 0.3) is 0 Å². The molecule has 0 aliphatic carbocycles. The van der Waals surface area contributed by atoms with E-state index in [1.165, 1.54) is 0 Å². The van der Waals surface area contributed by atoms with E-state index in [9.17, 15) is 9.59 Å². The summed E-state index contributed by atoms with van der Waals surface area (Å²) in [4.78, 5) is 22.5. The number of fused-ring (bicyclic) bond motifs is 1. The van der Waals surface area contributed by atoms with Crippen LogP contribution in [0.25, 0.3) is 11.2 Å². The molecule has 0 aliphatic rings. The summed E-state index contributed by atoms with van der Waals surface area (Å²) in [6, 6.07) is 3.54. The van der Waals surface area contributed by atoms with Gasteiger partial charge in [0.05, 0.1) is 11.4 Å². The Morgan fingerprint density at radius 3 is 1.61 bits per heavy atom. The molecule has 1 heterocycles. The summed E-state index contributed by atoms with van der Waals surface area (Å²) in [5.74, 6) is 0. The van der Waals surface area contributed by atoms with Crippen molar-refractivity contribution < 1.29 is 8.83 Å². The van der Waals surface area contributed by atoms with E-state index in [0.717, 1.165) is 0 Å². The van der Waals surface area contributed by atoms with Crippen molar-refractivity contribution in [1.82, 2.24) is 0 Å². The minimum Gasteiger partial charge on any atom is -0.412 e. The lowest BCUT2D eigenvalue weighted by Gasteiger charge is -2.09. The summed E-state index contributed by atoms with van der Waals surface area (Å²) in [7, 11) is 0. The van der Waals surface area contributed by atoms with E-state index in [4.69, 9.17) is 8.83 Å². The quantitative estimate of drug-likeness (QED) is 0.802. The standard InChI is InChI=1S/C12H14N2O4/c1-3-13-7-5-6-8(14-4-2)10-9(7)17-11(15)12(16)18-10/h5-6,13-14H,3-4H2,1-2H3. The molecule has 0 spiro atoms. The average molecular weight is 250 g/mol. The summed E-state index contributed by atoms with van der Waals surface area (Å²) in [5, 5.41) is 6.09. The number of hydrogen-bond donors (Lipinski definition) is 2. The van der Waals surface area contributed by atoms with Crippen molar-refractivity contribution in [2.75, 3.05) is 23.7 Å². The van der Waals surface area contributed by atoms with Crippen LogP contribution in [0.4, 0.5) is 11.4 Å². The molecule has 0 saturated heterocycles. The third-order valence-electron chi connectivity index (χ3n) is 2.40. The molecule has 0 aliphatic heterocycles. The Labute approximate surface area is 103 Å². The lowest BCUT2D eigenvalue weighted by molar-refractivity contribution is 0.450. The number of hydrogen-bond acceptors (Lipinski definition) is 6.